The first-order valence-corrected chi connectivity index (χ1v) is 5.84. The molecule has 110 valence electrons. The number of rotatable bonds is 5. The minimum atomic E-state index is -1.01. The predicted octanol–water partition coefficient (Wildman–Crippen LogP) is -0.871. The summed E-state index contributed by atoms with van der Waals surface area (Å²) < 4.78 is 9.66. The highest BCUT2D eigenvalue weighted by atomic mass is 16.5. The first kappa shape index (κ1) is 14.3. The molecule has 0 unspecified atom stereocenters. The lowest BCUT2D eigenvalue weighted by atomic mass is 10.3. The Morgan fingerprint density at radius 2 is 2.14 bits per heavy atom. The molecule has 1 amide bonds. The van der Waals surface area contributed by atoms with Gasteiger partial charge in [0, 0.05) is 6.20 Å². The highest BCUT2D eigenvalue weighted by Gasteiger charge is 2.14. The highest BCUT2D eigenvalue weighted by molar-refractivity contribution is 5.90. The Kier molecular flexibility index (Phi) is 4.34. The van der Waals surface area contributed by atoms with Crippen molar-refractivity contribution in [3.8, 4) is 0 Å². The zero-order valence-electron chi connectivity index (χ0n) is 10.7. The molecule has 9 heteroatoms. The second-order valence-corrected chi connectivity index (χ2v) is 3.92. The average molecular weight is 293 g/mol. The molecular weight excluding hydrogens is 282 g/mol. The molecule has 3 N–H and O–H groups in total. The minimum absolute atomic E-state index is 0.155. The van der Waals surface area contributed by atoms with Gasteiger partial charge in [-0.3, -0.25) is 14.6 Å². The van der Waals surface area contributed by atoms with Crippen molar-refractivity contribution in [3.63, 3.8) is 0 Å². The van der Waals surface area contributed by atoms with E-state index < -0.39 is 35.3 Å². The summed E-state index contributed by atoms with van der Waals surface area (Å²) in [4.78, 5) is 49.1. The lowest BCUT2D eigenvalue weighted by Gasteiger charge is -2.04. The highest BCUT2D eigenvalue weighted by Crippen LogP contribution is 1.98. The Bertz CT molecular complexity index is 743. The molecule has 2 heterocycles. The van der Waals surface area contributed by atoms with E-state index in [0.29, 0.717) is 5.76 Å². The van der Waals surface area contributed by atoms with Crippen molar-refractivity contribution >= 4 is 11.9 Å². The van der Waals surface area contributed by atoms with E-state index in [0.717, 1.165) is 6.20 Å². The third-order valence-corrected chi connectivity index (χ3v) is 2.41. The van der Waals surface area contributed by atoms with Crippen LogP contribution >= 0.6 is 0 Å². The molecule has 0 atom stereocenters. The van der Waals surface area contributed by atoms with Crippen LogP contribution < -0.4 is 16.6 Å². The number of aromatic amines is 2. The van der Waals surface area contributed by atoms with Gasteiger partial charge in [-0.1, -0.05) is 0 Å². The maximum Gasteiger partial charge on any atom is 0.345 e. The van der Waals surface area contributed by atoms with Crippen molar-refractivity contribution in [1.29, 1.82) is 0 Å². The molecule has 0 aliphatic heterocycles. The number of carbonyl (C=O) groups is 2. The van der Waals surface area contributed by atoms with E-state index in [1.807, 2.05) is 4.98 Å². The maximum atomic E-state index is 11.6. The molecule has 0 fully saturated rings. The molecule has 9 nitrogen and oxygen atoms in total. The lowest BCUT2D eigenvalue weighted by Crippen LogP contribution is -2.31. The zero-order valence-corrected chi connectivity index (χ0v) is 10.7. The Morgan fingerprint density at radius 1 is 1.33 bits per heavy atom. The number of amides is 1. The molecule has 0 aromatic carbocycles. The van der Waals surface area contributed by atoms with E-state index in [-0.39, 0.29) is 6.54 Å². The van der Waals surface area contributed by atoms with Crippen LogP contribution in [0.2, 0.25) is 0 Å². The molecule has 0 saturated heterocycles. The quantitative estimate of drug-likeness (QED) is 0.613. The van der Waals surface area contributed by atoms with Gasteiger partial charge in [0.25, 0.3) is 11.5 Å². The van der Waals surface area contributed by atoms with Crippen LogP contribution in [0, 0.1) is 0 Å². The summed E-state index contributed by atoms with van der Waals surface area (Å²) >= 11 is 0. The first-order valence-electron chi connectivity index (χ1n) is 5.84. The number of aromatic nitrogens is 2. The van der Waals surface area contributed by atoms with Crippen molar-refractivity contribution < 1.29 is 18.7 Å². The fraction of sp³-hybridized carbons (Fsp3) is 0.167. The van der Waals surface area contributed by atoms with Crippen molar-refractivity contribution in [3.05, 3.63) is 56.8 Å². The Labute approximate surface area is 116 Å². The molecule has 0 saturated carbocycles. The van der Waals surface area contributed by atoms with Gasteiger partial charge < -0.3 is 19.5 Å². The maximum absolute atomic E-state index is 11.6. The van der Waals surface area contributed by atoms with Crippen LogP contribution in [0.5, 0.6) is 0 Å². The van der Waals surface area contributed by atoms with E-state index in [2.05, 4.69) is 15.0 Å². The number of hydrogen-bond acceptors (Lipinski definition) is 6. The summed E-state index contributed by atoms with van der Waals surface area (Å²) in [6.45, 7) is -0.402. The molecule has 0 radical (unpaired) electrons. The summed E-state index contributed by atoms with van der Waals surface area (Å²) in [6.07, 6.45) is 2.38. The van der Waals surface area contributed by atoms with Gasteiger partial charge in [0.15, 0.2) is 6.61 Å². The number of ether oxygens (including phenoxy) is 1. The van der Waals surface area contributed by atoms with E-state index in [1.165, 1.54) is 6.26 Å². The van der Waals surface area contributed by atoms with Gasteiger partial charge in [0.05, 0.1) is 12.8 Å². The number of carbonyl (C=O) groups excluding carboxylic acids is 2. The van der Waals surface area contributed by atoms with Crippen molar-refractivity contribution in [2.45, 2.75) is 6.54 Å². The van der Waals surface area contributed by atoms with E-state index in [9.17, 15) is 19.2 Å². The molecule has 0 aliphatic carbocycles. The van der Waals surface area contributed by atoms with Crippen LogP contribution in [0.4, 0.5) is 0 Å². The van der Waals surface area contributed by atoms with Crippen molar-refractivity contribution in [1.82, 2.24) is 15.3 Å². The number of nitrogens with one attached hydrogen (secondary N) is 3. The van der Waals surface area contributed by atoms with Crippen LogP contribution in [0.3, 0.4) is 0 Å². The minimum Gasteiger partial charge on any atom is -0.467 e. The van der Waals surface area contributed by atoms with Crippen LogP contribution in [-0.2, 0) is 16.1 Å². The number of hydrogen-bond donors (Lipinski definition) is 3. The van der Waals surface area contributed by atoms with E-state index in [4.69, 9.17) is 4.42 Å². The normalized spacial score (nSPS) is 10.1. The van der Waals surface area contributed by atoms with Crippen LogP contribution in [0.15, 0.2) is 38.6 Å². The average Bonchev–Trinajstić information content (AvgIpc) is 2.95. The van der Waals surface area contributed by atoms with Gasteiger partial charge >= 0.3 is 11.7 Å². The second-order valence-electron chi connectivity index (χ2n) is 3.92. The molecule has 2 aromatic rings. The predicted molar refractivity (Wildman–Crippen MR) is 68.5 cm³/mol. The third-order valence-electron chi connectivity index (χ3n) is 2.41. The van der Waals surface area contributed by atoms with Gasteiger partial charge in [0.1, 0.15) is 11.3 Å². The first-order chi connectivity index (χ1) is 10.1. The van der Waals surface area contributed by atoms with Gasteiger partial charge in [0.2, 0.25) is 0 Å². The van der Waals surface area contributed by atoms with Crippen LogP contribution in [0.1, 0.15) is 16.1 Å². The van der Waals surface area contributed by atoms with Crippen molar-refractivity contribution in [2.24, 2.45) is 0 Å². The van der Waals surface area contributed by atoms with E-state index in [1.54, 1.807) is 12.1 Å². The largest absolute Gasteiger partial charge is 0.467 e. The molecular formula is C12H11N3O6. The Hall–Kier alpha value is -3.10. The SMILES string of the molecule is O=C(COC(=O)c1c[nH]c(=O)[nH]c1=O)NCc1ccco1. The molecule has 2 aromatic heterocycles. The van der Waals surface area contributed by atoms with Gasteiger partial charge in [-0.2, -0.15) is 0 Å². The van der Waals surface area contributed by atoms with Crippen molar-refractivity contribution in [2.75, 3.05) is 6.61 Å². The lowest BCUT2D eigenvalue weighted by molar-refractivity contribution is -0.124. The van der Waals surface area contributed by atoms with Gasteiger partial charge in [-0.15, -0.1) is 0 Å². The van der Waals surface area contributed by atoms with E-state index >= 15 is 0 Å². The standard InChI is InChI=1S/C12H11N3O6/c16-9(13-4-7-2-1-3-20-7)6-21-11(18)8-5-14-12(19)15-10(8)17/h1-3,5H,4,6H2,(H,13,16)(H2,14,15,17,19). The molecule has 21 heavy (non-hydrogen) atoms. The number of esters is 1. The summed E-state index contributed by atoms with van der Waals surface area (Å²) in [7, 11) is 0. The molecule has 0 aliphatic rings. The van der Waals surface area contributed by atoms with Crippen LogP contribution in [-0.4, -0.2) is 28.5 Å². The summed E-state index contributed by atoms with van der Waals surface area (Å²) in [5.41, 5.74) is -2.03. The number of H-pyrrole nitrogens is 2. The Balaban J connectivity index is 1.84. The second kappa shape index (κ2) is 6.37. The Morgan fingerprint density at radius 3 is 2.81 bits per heavy atom. The number of furan rings is 1. The molecule has 0 bridgehead atoms. The molecule has 0 spiro atoms. The topological polar surface area (TPSA) is 134 Å². The summed E-state index contributed by atoms with van der Waals surface area (Å²) in [5, 5.41) is 2.46. The fourth-order valence-electron chi connectivity index (χ4n) is 1.42. The summed E-state index contributed by atoms with van der Waals surface area (Å²) in [6, 6.07) is 3.34. The zero-order chi connectivity index (χ0) is 15.2. The molecule has 2 rings (SSSR count). The summed E-state index contributed by atoms with van der Waals surface area (Å²) in [5.74, 6) is -1.02. The third kappa shape index (κ3) is 3.93. The monoisotopic (exact) mass is 293 g/mol. The van der Waals surface area contributed by atoms with Crippen LogP contribution in [0.25, 0.3) is 0 Å². The van der Waals surface area contributed by atoms with Gasteiger partial charge in [-0.05, 0) is 12.1 Å². The smallest absolute Gasteiger partial charge is 0.345 e. The fourth-order valence-corrected chi connectivity index (χ4v) is 1.42. The van der Waals surface area contributed by atoms with Gasteiger partial charge in [-0.25, -0.2) is 9.59 Å².